The van der Waals surface area contributed by atoms with Crippen LogP contribution in [0.4, 0.5) is 4.79 Å². The Kier molecular flexibility index (Phi) is 6.03. The Bertz CT molecular complexity index is 1230. The molecule has 0 radical (unpaired) electrons. The number of hydrogen-bond donors (Lipinski definition) is 3. The van der Waals surface area contributed by atoms with Crippen LogP contribution in [0.1, 0.15) is 42.4 Å². The van der Waals surface area contributed by atoms with Crippen molar-refractivity contribution in [2.75, 3.05) is 0 Å². The number of halogens is 1. The second kappa shape index (κ2) is 8.78. The molecule has 1 aliphatic rings. The van der Waals surface area contributed by atoms with Crippen LogP contribution in [0.15, 0.2) is 48.5 Å². The second-order valence-corrected chi connectivity index (χ2v) is 9.39. The van der Waals surface area contributed by atoms with E-state index in [1.54, 1.807) is 45.0 Å². The van der Waals surface area contributed by atoms with Crippen LogP contribution in [0.5, 0.6) is 0 Å². The lowest BCUT2D eigenvalue weighted by atomic mass is 9.94. The molecule has 1 unspecified atom stereocenters. The van der Waals surface area contributed by atoms with Gasteiger partial charge in [0.05, 0.1) is 6.54 Å². The van der Waals surface area contributed by atoms with Crippen molar-refractivity contribution in [3.8, 4) is 0 Å². The summed E-state index contributed by atoms with van der Waals surface area (Å²) in [6.07, 6.45) is -0.280. The van der Waals surface area contributed by atoms with E-state index in [-0.39, 0.29) is 12.2 Å². The molecule has 2 heterocycles. The molecule has 1 atom stereocenters. The predicted molar refractivity (Wildman–Crippen MR) is 125 cm³/mol. The minimum Gasteiger partial charge on any atom is -0.444 e. The van der Waals surface area contributed by atoms with Crippen LogP contribution in [0.25, 0.3) is 10.9 Å². The van der Waals surface area contributed by atoms with Crippen molar-refractivity contribution in [2.45, 2.75) is 45.4 Å². The number of hydrazine groups is 1. The van der Waals surface area contributed by atoms with Crippen LogP contribution in [-0.4, -0.2) is 39.4 Å². The van der Waals surface area contributed by atoms with Crippen molar-refractivity contribution in [3.63, 3.8) is 0 Å². The fourth-order valence-corrected chi connectivity index (χ4v) is 3.95. The number of aromatic amines is 1. The first-order chi connectivity index (χ1) is 15.6. The summed E-state index contributed by atoms with van der Waals surface area (Å²) >= 11 is 6.00. The average molecular weight is 469 g/mol. The quantitative estimate of drug-likeness (QED) is 0.495. The highest BCUT2D eigenvalue weighted by Crippen LogP contribution is 2.25. The Morgan fingerprint density at radius 3 is 2.52 bits per heavy atom. The lowest BCUT2D eigenvalue weighted by Crippen LogP contribution is -2.56. The van der Waals surface area contributed by atoms with Crippen molar-refractivity contribution in [1.82, 2.24) is 20.7 Å². The van der Waals surface area contributed by atoms with Crippen LogP contribution in [0.2, 0.25) is 5.02 Å². The maximum absolute atomic E-state index is 13.0. The van der Waals surface area contributed by atoms with Gasteiger partial charge < -0.3 is 9.72 Å². The molecule has 0 bridgehead atoms. The number of fused-ring (bicyclic) bond motifs is 2. The van der Waals surface area contributed by atoms with Gasteiger partial charge >= 0.3 is 6.09 Å². The van der Waals surface area contributed by atoms with E-state index in [0.717, 1.165) is 22.0 Å². The number of ether oxygens (including phenoxy) is 1. The smallest absolute Gasteiger partial charge is 0.411 e. The van der Waals surface area contributed by atoms with Crippen molar-refractivity contribution in [3.05, 3.63) is 70.4 Å². The maximum atomic E-state index is 13.0. The van der Waals surface area contributed by atoms with Gasteiger partial charge in [-0.05, 0) is 56.2 Å². The van der Waals surface area contributed by atoms with E-state index in [4.69, 9.17) is 16.3 Å². The molecule has 1 aliphatic heterocycles. The van der Waals surface area contributed by atoms with E-state index < -0.39 is 29.6 Å². The molecule has 0 saturated heterocycles. The normalized spacial score (nSPS) is 15.6. The third kappa shape index (κ3) is 5.12. The third-order valence-corrected chi connectivity index (χ3v) is 5.54. The van der Waals surface area contributed by atoms with Crippen molar-refractivity contribution in [2.24, 2.45) is 0 Å². The predicted octanol–water partition coefficient (Wildman–Crippen LogP) is 3.94. The monoisotopic (exact) mass is 468 g/mol. The first-order valence-corrected chi connectivity index (χ1v) is 10.9. The second-order valence-electron chi connectivity index (χ2n) is 8.95. The molecule has 3 aromatic rings. The molecule has 2 aromatic carbocycles. The molecule has 4 rings (SSSR count). The molecule has 0 aliphatic carbocycles. The largest absolute Gasteiger partial charge is 0.444 e. The first-order valence-electron chi connectivity index (χ1n) is 10.6. The molecule has 3 amide bonds. The van der Waals surface area contributed by atoms with Gasteiger partial charge in [-0.25, -0.2) is 4.79 Å². The minimum absolute atomic E-state index is 0.236. The van der Waals surface area contributed by atoms with Gasteiger partial charge in [-0.3, -0.25) is 25.3 Å². The number of nitrogens with one attached hydrogen (secondary N) is 3. The number of aromatic nitrogens is 1. The van der Waals surface area contributed by atoms with Gasteiger partial charge in [0.25, 0.3) is 11.8 Å². The Balaban J connectivity index is 1.49. The number of benzene rings is 2. The minimum atomic E-state index is -0.837. The molecular weight excluding hydrogens is 444 g/mol. The number of amides is 3. The Labute approximate surface area is 196 Å². The SMILES string of the molecule is CC(C)(C)OC(=O)N1Cc2ccccc2CC1C(=O)NNC(=O)c1cc2cc(Cl)ccc2[nH]1. The summed E-state index contributed by atoms with van der Waals surface area (Å²) in [5.74, 6) is -1.03. The Morgan fingerprint density at radius 1 is 1.06 bits per heavy atom. The Hall–Kier alpha value is -3.52. The number of rotatable bonds is 2. The summed E-state index contributed by atoms with van der Waals surface area (Å²) in [5, 5.41) is 1.33. The maximum Gasteiger partial charge on any atom is 0.411 e. The fraction of sp³-hybridized carbons (Fsp3) is 0.292. The zero-order valence-corrected chi connectivity index (χ0v) is 19.3. The van der Waals surface area contributed by atoms with E-state index in [1.165, 1.54) is 4.90 Å². The number of carbonyl (C=O) groups is 3. The van der Waals surface area contributed by atoms with Crippen molar-refractivity contribution >= 4 is 40.4 Å². The van der Waals surface area contributed by atoms with E-state index in [0.29, 0.717) is 11.4 Å². The summed E-state index contributed by atoms with van der Waals surface area (Å²) < 4.78 is 5.51. The molecule has 8 nitrogen and oxygen atoms in total. The van der Waals surface area contributed by atoms with Gasteiger partial charge in [-0.2, -0.15) is 0 Å². The molecule has 1 aromatic heterocycles. The van der Waals surface area contributed by atoms with E-state index in [2.05, 4.69) is 15.8 Å². The molecule has 0 saturated carbocycles. The number of H-pyrrole nitrogens is 1. The van der Waals surface area contributed by atoms with Crippen molar-refractivity contribution in [1.29, 1.82) is 0 Å². The zero-order chi connectivity index (χ0) is 23.8. The highest BCUT2D eigenvalue weighted by atomic mass is 35.5. The standard InChI is InChI=1S/C24H25ClN4O4/c1-24(2,3)33-23(32)29-13-15-7-5-4-6-14(15)12-20(29)22(31)28-27-21(30)19-11-16-10-17(25)8-9-18(16)26-19/h4-11,20,26H,12-13H2,1-3H3,(H,27,30)(H,28,31). The summed E-state index contributed by atoms with van der Waals surface area (Å²) in [5.41, 5.74) is 7.10. The highest BCUT2D eigenvalue weighted by Gasteiger charge is 2.37. The molecule has 0 spiro atoms. The molecule has 3 N–H and O–H groups in total. The zero-order valence-electron chi connectivity index (χ0n) is 18.6. The molecular formula is C24H25ClN4O4. The van der Waals surface area contributed by atoms with Crippen LogP contribution < -0.4 is 10.9 Å². The lowest BCUT2D eigenvalue weighted by Gasteiger charge is -2.36. The van der Waals surface area contributed by atoms with E-state index >= 15 is 0 Å². The molecule has 33 heavy (non-hydrogen) atoms. The van der Waals surface area contributed by atoms with Crippen molar-refractivity contribution < 1.29 is 19.1 Å². The van der Waals surface area contributed by atoms with Crippen LogP contribution in [0.3, 0.4) is 0 Å². The molecule has 0 fully saturated rings. The molecule has 9 heteroatoms. The van der Waals surface area contributed by atoms with Crippen LogP contribution >= 0.6 is 11.6 Å². The molecule has 172 valence electrons. The van der Waals surface area contributed by atoms with Gasteiger partial charge in [0.2, 0.25) is 0 Å². The highest BCUT2D eigenvalue weighted by molar-refractivity contribution is 6.31. The van der Waals surface area contributed by atoms with Gasteiger partial charge in [-0.15, -0.1) is 0 Å². The first kappa shape index (κ1) is 22.7. The van der Waals surface area contributed by atoms with Crippen LogP contribution in [0, 0.1) is 0 Å². The average Bonchev–Trinajstić information content (AvgIpc) is 3.18. The van der Waals surface area contributed by atoms with Gasteiger partial charge in [0.15, 0.2) is 0 Å². The van der Waals surface area contributed by atoms with Crippen LogP contribution in [-0.2, 0) is 22.5 Å². The Morgan fingerprint density at radius 2 is 1.79 bits per heavy atom. The summed E-state index contributed by atoms with van der Waals surface area (Å²) in [4.78, 5) is 42.9. The van der Waals surface area contributed by atoms with E-state index in [1.807, 2.05) is 24.3 Å². The number of carbonyl (C=O) groups excluding carboxylic acids is 3. The summed E-state index contributed by atoms with van der Waals surface area (Å²) in [6, 6.07) is 13.7. The van der Waals surface area contributed by atoms with Gasteiger partial charge in [0.1, 0.15) is 17.3 Å². The fourth-order valence-electron chi connectivity index (χ4n) is 3.76. The topological polar surface area (TPSA) is 104 Å². The lowest BCUT2D eigenvalue weighted by molar-refractivity contribution is -0.127. The van der Waals surface area contributed by atoms with Gasteiger partial charge in [-0.1, -0.05) is 35.9 Å². The number of nitrogens with zero attached hydrogens (tertiary/aromatic N) is 1. The van der Waals surface area contributed by atoms with Gasteiger partial charge in [0, 0.05) is 22.3 Å². The van der Waals surface area contributed by atoms with E-state index in [9.17, 15) is 14.4 Å². The summed E-state index contributed by atoms with van der Waals surface area (Å²) in [7, 11) is 0. The third-order valence-electron chi connectivity index (χ3n) is 5.31. The summed E-state index contributed by atoms with van der Waals surface area (Å²) in [6.45, 7) is 5.54. The number of hydrogen-bond acceptors (Lipinski definition) is 4.